The minimum absolute atomic E-state index is 0.332. The van der Waals surface area contributed by atoms with Crippen molar-refractivity contribution in [3.8, 4) is 0 Å². The summed E-state index contributed by atoms with van der Waals surface area (Å²) in [6.45, 7) is 4.06. The van der Waals surface area contributed by atoms with Crippen LogP contribution in [0.3, 0.4) is 0 Å². The van der Waals surface area contributed by atoms with Crippen LogP contribution in [0, 0.1) is 13.8 Å². The Balaban J connectivity index is 1.74. The number of esters is 1. The summed E-state index contributed by atoms with van der Waals surface area (Å²) in [4.78, 5) is 27.3. The van der Waals surface area contributed by atoms with Crippen molar-refractivity contribution in [2.24, 2.45) is 0 Å². The molecule has 0 aliphatic carbocycles. The van der Waals surface area contributed by atoms with E-state index in [1.54, 1.807) is 30.9 Å². The van der Waals surface area contributed by atoms with Gasteiger partial charge in [0.05, 0.1) is 31.1 Å². The Kier molecular flexibility index (Phi) is 4.88. The van der Waals surface area contributed by atoms with Gasteiger partial charge in [-0.25, -0.2) is 4.79 Å². The van der Waals surface area contributed by atoms with Gasteiger partial charge in [-0.15, -0.1) is 0 Å². The second kappa shape index (κ2) is 7.26. The van der Waals surface area contributed by atoms with Gasteiger partial charge < -0.3 is 15.0 Å². The van der Waals surface area contributed by atoms with Crippen molar-refractivity contribution in [3.63, 3.8) is 0 Å². The molecule has 0 spiro atoms. The van der Waals surface area contributed by atoms with Crippen molar-refractivity contribution >= 4 is 17.6 Å². The first kappa shape index (κ1) is 17.5. The topological polar surface area (TPSA) is 89.0 Å². The molecule has 0 fully saturated rings. The van der Waals surface area contributed by atoms with Crippen LogP contribution in [0.5, 0.6) is 0 Å². The van der Waals surface area contributed by atoms with Gasteiger partial charge in [0.1, 0.15) is 5.69 Å². The number of nitrogens with one attached hydrogen (secondary N) is 2. The number of amides is 1. The van der Waals surface area contributed by atoms with Crippen LogP contribution in [0.1, 0.15) is 37.7 Å². The van der Waals surface area contributed by atoms with E-state index in [9.17, 15) is 9.59 Å². The number of nitrogens with zero attached hydrogens (tertiary/aromatic N) is 2. The number of ether oxygens (including phenoxy) is 1. The molecule has 3 aromatic rings. The zero-order valence-corrected chi connectivity index (χ0v) is 14.9. The first-order valence-electron chi connectivity index (χ1n) is 8.14. The molecule has 0 saturated carbocycles. The molecule has 1 aromatic carbocycles. The van der Waals surface area contributed by atoms with E-state index in [1.165, 1.54) is 7.11 Å². The van der Waals surface area contributed by atoms with Gasteiger partial charge in [-0.2, -0.15) is 5.10 Å². The molecule has 7 nitrogen and oxygen atoms in total. The van der Waals surface area contributed by atoms with E-state index in [-0.39, 0.29) is 5.91 Å². The fraction of sp³-hybridized carbons (Fsp3) is 0.211. The Labute approximate surface area is 151 Å². The summed E-state index contributed by atoms with van der Waals surface area (Å²) in [6, 6.07) is 9.92. The summed E-state index contributed by atoms with van der Waals surface area (Å²) in [5, 5.41) is 7.06. The largest absolute Gasteiger partial charge is 0.465 e. The zero-order chi connectivity index (χ0) is 18.7. The summed E-state index contributed by atoms with van der Waals surface area (Å²) in [5.74, 6) is -0.800. The van der Waals surface area contributed by atoms with Crippen molar-refractivity contribution in [2.45, 2.75) is 20.4 Å². The number of hydrogen-bond donors (Lipinski definition) is 2. The maximum absolute atomic E-state index is 12.5. The molecule has 0 aliphatic heterocycles. The molecule has 0 atom stereocenters. The Hall–Kier alpha value is -3.35. The summed E-state index contributed by atoms with van der Waals surface area (Å²) < 4.78 is 6.51. The van der Waals surface area contributed by atoms with E-state index >= 15 is 0 Å². The van der Waals surface area contributed by atoms with Crippen LogP contribution in [0.25, 0.3) is 0 Å². The van der Waals surface area contributed by atoms with Gasteiger partial charge in [-0.1, -0.05) is 30.3 Å². The Morgan fingerprint density at radius 1 is 1.23 bits per heavy atom. The number of H-pyrrole nitrogens is 1. The maximum atomic E-state index is 12.5. The summed E-state index contributed by atoms with van der Waals surface area (Å²) in [7, 11) is 1.31. The summed E-state index contributed by atoms with van der Waals surface area (Å²) in [6.07, 6.45) is 3.35. The molecule has 0 radical (unpaired) electrons. The number of carbonyl (C=O) groups excluding carboxylic acids is 2. The average Bonchev–Trinajstić information content (AvgIpc) is 3.19. The highest BCUT2D eigenvalue weighted by Crippen LogP contribution is 2.20. The number of anilines is 1. The molecule has 2 aromatic heterocycles. The van der Waals surface area contributed by atoms with Crippen LogP contribution in [0.4, 0.5) is 5.69 Å². The Morgan fingerprint density at radius 3 is 2.65 bits per heavy atom. The van der Waals surface area contributed by atoms with Crippen LogP contribution >= 0.6 is 0 Å². The first-order chi connectivity index (χ1) is 12.5. The van der Waals surface area contributed by atoms with Gasteiger partial charge in [-0.05, 0) is 25.0 Å². The third-order valence-electron chi connectivity index (χ3n) is 4.13. The minimum Gasteiger partial charge on any atom is -0.465 e. The predicted octanol–water partition coefficient (Wildman–Crippen LogP) is 2.92. The molecule has 134 valence electrons. The molecule has 0 aliphatic rings. The van der Waals surface area contributed by atoms with E-state index in [4.69, 9.17) is 4.74 Å². The van der Waals surface area contributed by atoms with Gasteiger partial charge >= 0.3 is 5.97 Å². The minimum atomic E-state index is -0.467. The standard InChI is InChI=1S/C19H20N4O3/c1-12-16(19(25)26-3)13(2)21-17(12)18(24)22-15-9-20-23(11-15)10-14-7-5-4-6-8-14/h4-9,11,21H,10H2,1-3H3,(H,22,24). The molecule has 7 heteroatoms. The molecule has 2 heterocycles. The highest BCUT2D eigenvalue weighted by atomic mass is 16.5. The van der Waals surface area contributed by atoms with Gasteiger partial charge in [0.25, 0.3) is 5.91 Å². The molecular weight excluding hydrogens is 332 g/mol. The van der Waals surface area contributed by atoms with Gasteiger partial charge in [0, 0.05) is 11.9 Å². The summed E-state index contributed by atoms with van der Waals surface area (Å²) >= 11 is 0. The average molecular weight is 352 g/mol. The van der Waals surface area contributed by atoms with Crippen LogP contribution in [-0.2, 0) is 11.3 Å². The fourth-order valence-corrected chi connectivity index (χ4v) is 2.86. The van der Waals surface area contributed by atoms with Crippen LogP contribution in [0.2, 0.25) is 0 Å². The number of carbonyl (C=O) groups is 2. The molecule has 26 heavy (non-hydrogen) atoms. The van der Waals surface area contributed by atoms with Crippen molar-refractivity contribution < 1.29 is 14.3 Å². The predicted molar refractivity (Wildman–Crippen MR) is 97.3 cm³/mol. The van der Waals surface area contributed by atoms with Crippen molar-refractivity contribution in [1.82, 2.24) is 14.8 Å². The monoisotopic (exact) mass is 352 g/mol. The van der Waals surface area contributed by atoms with Gasteiger partial charge in [0.15, 0.2) is 0 Å². The number of aryl methyl sites for hydroxylation is 1. The molecule has 2 N–H and O–H groups in total. The molecule has 0 bridgehead atoms. The lowest BCUT2D eigenvalue weighted by Gasteiger charge is -2.03. The van der Waals surface area contributed by atoms with E-state index in [0.717, 1.165) is 5.56 Å². The number of hydrogen-bond acceptors (Lipinski definition) is 4. The second-order valence-corrected chi connectivity index (χ2v) is 5.98. The Bertz CT molecular complexity index is 941. The molecule has 0 unspecified atom stereocenters. The first-order valence-corrected chi connectivity index (χ1v) is 8.14. The number of rotatable bonds is 5. The molecule has 1 amide bonds. The van der Waals surface area contributed by atoms with Crippen LogP contribution < -0.4 is 5.32 Å². The third kappa shape index (κ3) is 3.51. The number of methoxy groups -OCH3 is 1. The SMILES string of the molecule is COC(=O)c1c(C)[nH]c(C(=O)Nc2cnn(Cc3ccccc3)c2)c1C. The lowest BCUT2D eigenvalue weighted by molar-refractivity contribution is 0.0599. The highest BCUT2D eigenvalue weighted by molar-refractivity contribution is 6.06. The van der Waals surface area contributed by atoms with Crippen LogP contribution in [-0.4, -0.2) is 33.8 Å². The lowest BCUT2D eigenvalue weighted by Crippen LogP contribution is -2.13. The number of aromatic nitrogens is 3. The van der Waals surface area contributed by atoms with Crippen molar-refractivity contribution in [1.29, 1.82) is 0 Å². The van der Waals surface area contributed by atoms with Crippen molar-refractivity contribution in [2.75, 3.05) is 12.4 Å². The molecular formula is C19H20N4O3. The smallest absolute Gasteiger partial charge is 0.339 e. The number of aromatic amines is 1. The van der Waals surface area contributed by atoms with E-state index in [0.29, 0.717) is 34.7 Å². The zero-order valence-electron chi connectivity index (χ0n) is 14.9. The second-order valence-electron chi connectivity index (χ2n) is 5.98. The van der Waals surface area contributed by atoms with Gasteiger partial charge in [0.2, 0.25) is 0 Å². The lowest BCUT2D eigenvalue weighted by atomic mass is 10.1. The summed E-state index contributed by atoms with van der Waals surface area (Å²) in [5.41, 5.74) is 3.57. The van der Waals surface area contributed by atoms with Gasteiger partial charge in [-0.3, -0.25) is 9.48 Å². The third-order valence-corrected chi connectivity index (χ3v) is 4.13. The number of benzene rings is 1. The van der Waals surface area contributed by atoms with Crippen molar-refractivity contribution in [3.05, 3.63) is 70.8 Å². The Morgan fingerprint density at radius 2 is 1.96 bits per heavy atom. The quantitative estimate of drug-likeness (QED) is 0.691. The molecule has 3 rings (SSSR count). The normalized spacial score (nSPS) is 10.6. The maximum Gasteiger partial charge on any atom is 0.339 e. The van der Waals surface area contributed by atoms with E-state index < -0.39 is 5.97 Å². The molecule has 0 saturated heterocycles. The van der Waals surface area contributed by atoms with E-state index in [1.807, 2.05) is 30.3 Å². The van der Waals surface area contributed by atoms with E-state index in [2.05, 4.69) is 15.4 Å². The van der Waals surface area contributed by atoms with Crippen LogP contribution in [0.15, 0.2) is 42.7 Å². The highest BCUT2D eigenvalue weighted by Gasteiger charge is 2.22. The fourth-order valence-electron chi connectivity index (χ4n) is 2.86.